The first-order valence-corrected chi connectivity index (χ1v) is 16.7. The zero-order chi connectivity index (χ0) is 29.6. The van der Waals surface area contributed by atoms with Crippen LogP contribution in [0.4, 0.5) is 5.69 Å². The van der Waals surface area contributed by atoms with Crippen LogP contribution in [0.2, 0.25) is 5.02 Å². The third-order valence-electron chi connectivity index (χ3n) is 7.43. The molecule has 3 aromatic carbocycles. The van der Waals surface area contributed by atoms with Gasteiger partial charge in [-0.15, -0.1) is 0 Å². The van der Waals surface area contributed by atoms with Gasteiger partial charge in [0.05, 0.1) is 11.9 Å². The van der Waals surface area contributed by atoms with E-state index in [-0.39, 0.29) is 24.9 Å². The number of anilines is 1. The van der Waals surface area contributed by atoms with Crippen LogP contribution < -0.4 is 9.62 Å². The van der Waals surface area contributed by atoms with Gasteiger partial charge in [-0.05, 0) is 60.7 Å². The maximum absolute atomic E-state index is 14.2. The molecule has 7 nitrogen and oxygen atoms in total. The molecular weight excluding hydrogens is 626 g/mol. The number of hydrogen-bond donors (Lipinski definition) is 1. The average Bonchev–Trinajstić information content (AvgIpc) is 3.45. The molecule has 0 heterocycles. The SMILES string of the molecule is Cc1c(Cl)cccc1N(CC(=O)N(Cc1ccc(Br)cc1)C(Cc1ccccc1)C(=O)NC1CCCC1)S(C)(=O)=O. The molecule has 0 aliphatic heterocycles. The summed E-state index contributed by atoms with van der Waals surface area (Å²) < 4.78 is 28.0. The molecule has 1 N–H and O–H groups in total. The number of sulfonamides is 1. The highest BCUT2D eigenvalue weighted by Gasteiger charge is 2.34. The Balaban J connectivity index is 1.74. The Kier molecular flexibility index (Phi) is 10.5. The fraction of sp³-hybridized carbons (Fsp3) is 0.355. The van der Waals surface area contributed by atoms with Crippen molar-refractivity contribution in [2.24, 2.45) is 0 Å². The van der Waals surface area contributed by atoms with Crippen LogP contribution in [0.15, 0.2) is 77.3 Å². The van der Waals surface area contributed by atoms with E-state index in [4.69, 9.17) is 11.6 Å². The van der Waals surface area contributed by atoms with E-state index in [2.05, 4.69) is 21.2 Å². The van der Waals surface area contributed by atoms with Gasteiger partial charge in [0.1, 0.15) is 12.6 Å². The first kappa shape index (κ1) is 31.1. The van der Waals surface area contributed by atoms with Crippen molar-refractivity contribution in [3.05, 3.63) is 99.0 Å². The van der Waals surface area contributed by atoms with Crippen LogP contribution in [0.5, 0.6) is 0 Å². The number of amides is 2. The van der Waals surface area contributed by atoms with Crippen molar-refractivity contribution >= 4 is 55.1 Å². The number of benzene rings is 3. The molecule has 0 saturated heterocycles. The van der Waals surface area contributed by atoms with Gasteiger partial charge in [0.2, 0.25) is 21.8 Å². The van der Waals surface area contributed by atoms with E-state index in [1.807, 2.05) is 54.6 Å². The monoisotopic (exact) mass is 659 g/mol. The Morgan fingerprint density at radius 1 is 0.976 bits per heavy atom. The largest absolute Gasteiger partial charge is 0.352 e. The van der Waals surface area contributed by atoms with Crippen molar-refractivity contribution in [2.45, 2.75) is 57.7 Å². The molecule has 4 rings (SSSR count). The number of carbonyl (C=O) groups excluding carboxylic acids is 2. The summed E-state index contributed by atoms with van der Waals surface area (Å²) in [6.45, 7) is 1.37. The predicted molar refractivity (Wildman–Crippen MR) is 167 cm³/mol. The van der Waals surface area contributed by atoms with Crippen molar-refractivity contribution < 1.29 is 18.0 Å². The van der Waals surface area contributed by atoms with E-state index in [1.165, 1.54) is 4.90 Å². The molecule has 218 valence electrons. The quantitative estimate of drug-likeness (QED) is 0.279. The molecule has 2 amide bonds. The Hall–Kier alpha value is -2.88. The number of halogens is 2. The molecule has 0 spiro atoms. The van der Waals surface area contributed by atoms with Crippen LogP contribution in [0.1, 0.15) is 42.4 Å². The summed E-state index contributed by atoms with van der Waals surface area (Å²) in [6, 6.07) is 21.2. The number of hydrogen-bond acceptors (Lipinski definition) is 4. The van der Waals surface area contributed by atoms with Crippen LogP contribution in [0, 0.1) is 6.92 Å². The molecule has 1 aliphatic rings. The van der Waals surface area contributed by atoms with E-state index >= 15 is 0 Å². The molecule has 10 heteroatoms. The maximum Gasteiger partial charge on any atom is 0.244 e. The molecule has 0 radical (unpaired) electrons. The molecule has 41 heavy (non-hydrogen) atoms. The van der Waals surface area contributed by atoms with Gasteiger partial charge in [0, 0.05) is 28.5 Å². The fourth-order valence-corrected chi connectivity index (χ4v) is 6.50. The van der Waals surface area contributed by atoms with Crippen molar-refractivity contribution in [1.82, 2.24) is 10.2 Å². The van der Waals surface area contributed by atoms with Crippen molar-refractivity contribution in [1.29, 1.82) is 0 Å². The van der Waals surface area contributed by atoms with Crippen molar-refractivity contribution in [2.75, 3.05) is 17.1 Å². The van der Waals surface area contributed by atoms with Crippen LogP contribution in [0.25, 0.3) is 0 Å². The van der Waals surface area contributed by atoms with Gasteiger partial charge < -0.3 is 10.2 Å². The Morgan fingerprint density at radius 2 is 1.63 bits per heavy atom. The van der Waals surface area contributed by atoms with Crippen LogP contribution >= 0.6 is 27.5 Å². The highest BCUT2D eigenvalue weighted by molar-refractivity contribution is 9.10. The Labute approximate surface area is 256 Å². The minimum Gasteiger partial charge on any atom is -0.352 e. The average molecular weight is 661 g/mol. The Morgan fingerprint density at radius 3 is 2.27 bits per heavy atom. The first-order valence-electron chi connectivity index (χ1n) is 13.6. The second kappa shape index (κ2) is 13.9. The molecule has 1 saturated carbocycles. The van der Waals surface area contributed by atoms with Gasteiger partial charge in [-0.1, -0.05) is 88.9 Å². The fourth-order valence-electron chi connectivity index (χ4n) is 5.17. The van der Waals surface area contributed by atoms with Gasteiger partial charge >= 0.3 is 0 Å². The zero-order valence-corrected chi connectivity index (χ0v) is 26.4. The number of nitrogens with zero attached hydrogens (tertiary/aromatic N) is 2. The summed E-state index contributed by atoms with van der Waals surface area (Å²) in [5.41, 5.74) is 2.59. The number of carbonyl (C=O) groups is 2. The maximum atomic E-state index is 14.2. The first-order chi connectivity index (χ1) is 19.5. The van der Waals surface area contributed by atoms with Crippen LogP contribution in [0.3, 0.4) is 0 Å². The molecule has 1 unspecified atom stereocenters. The zero-order valence-electron chi connectivity index (χ0n) is 23.2. The van der Waals surface area contributed by atoms with Gasteiger partial charge in [-0.3, -0.25) is 13.9 Å². The summed E-state index contributed by atoms with van der Waals surface area (Å²) in [5, 5.41) is 3.57. The highest BCUT2D eigenvalue weighted by atomic mass is 79.9. The molecule has 1 aliphatic carbocycles. The Bertz CT molecular complexity index is 1460. The minimum absolute atomic E-state index is 0.0621. The van der Waals surface area contributed by atoms with E-state index < -0.39 is 28.5 Å². The molecule has 1 atom stereocenters. The van der Waals surface area contributed by atoms with Crippen LogP contribution in [-0.4, -0.2) is 50.0 Å². The van der Waals surface area contributed by atoms with E-state index in [9.17, 15) is 18.0 Å². The third-order valence-corrected chi connectivity index (χ3v) is 9.49. The second-order valence-corrected chi connectivity index (χ2v) is 13.7. The third kappa shape index (κ3) is 8.33. The summed E-state index contributed by atoms with van der Waals surface area (Å²) in [5.74, 6) is -0.726. The predicted octanol–water partition coefficient (Wildman–Crippen LogP) is 5.88. The van der Waals surface area contributed by atoms with Gasteiger partial charge in [-0.2, -0.15) is 0 Å². The van der Waals surface area contributed by atoms with Gasteiger partial charge in [0.25, 0.3) is 0 Å². The molecule has 1 fully saturated rings. The van der Waals surface area contributed by atoms with E-state index in [0.29, 0.717) is 16.3 Å². The normalized spacial score (nSPS) is 14.4. The minimum atomic E-state index is -3.87. The lowest BCUT2D eigenvalue weighted by molar-refractivity contribution is -0.140. The lowest BCUT2D eigenvalue weighted by Gasteiger charge is -2.34. The number of nitrogens with one attached hydrogen (secondary N) is 1. The summed E-state index contributed by atoms with van der Waals surface area (Å²) >= 11 is 9.77. The van der Waals surface area contributed by atoms with Gasteiger partial charge in [0.15, 0.2) is 0 Å². The lowest BCUT2D eigenvalue weighted by Crippen LogP contribution is -2.54. The highest BCUT2D eigenvalue weighted by Crippen LogP contribution is 2.29. The molecular formula is C31H35BrClN3O4S. The lowest BCUT2D eigenvalue weighted by atomic mass is 10.0. The van der Waals surface area contributed by atoms with Crippen molar-refractivity contribution in [3.63, 3.8) is 0 Å². The summed E-state index contributed by atoms with van der Waals surface area (Å²) in [4.78, 5) is 29.6. The van der Waals surface area contributed by atoms with Crippen molar-refractivity contribution in [3.8, 4) is 0 Å². The molecule has 0 aromatic heterocycles. The summed E-state index contributed by atoms with van der Waals surface area (Å²) in [6.07, 6.45) is 5.27. The second-order valence-electron chi connectivity index (χ2n) is 10.5. The molecule has 0 bridgehead atoms. The summed E-state index contributed by atoms with van der Waals surface area (Å²) in [7, 11) is -3.87. The smallest absolute Gasteiger partial charge is 0.244 e. The number of rotatable bonds is 11. The molecule has 3 aromatic rings. The van der Waals surface area contributed by atoms with Gasteiger partial charge in [-0.25, -0.2) is 8.42 Å². The van der Waals surface area contributed by atoms with E-state index in [0.717, 1.165) is 51.8 Å². The van der Waals surface area contributed by atoms with E-state index in [1.54, 1.807) is 25.1 Å². The standard InChI is InChI=1S/C31H35BrClN3O4S/c1-22-27(33)13-8-14-28(22)36(41(2,39)40)21-30(37)35(20-24-15-17-25(32)18-16-24)29(19-23-9-4-3-5-10-23)31(38)34-26-11-6-7-12-26/h3-5,8-10,13-18,26,29H,6-7,11-12,19-21H2,1-2H3,(H,34,38). The van der Waals surface area contributed by atoms with Crippen LogP contribution in [-0.2, 0) is 32.6 Å². The topological polar surface area (TPSA) is 86.8 Å².